The van der Waals surface area contributed by atoms with E-state index in [1.165, 1.54) is 28.8 Å². The van der Waals surface area contributed by atoms with E-state index in [0.717, 1.165) is 18.4 Å². The number of halogens is 4. The molecule has 0 saturated heterocycles. The summed E-state index contributed by atoms with van der Waals surface area (Å²) in [6, 6.07) is 9.83. The van der Waals surface area contributed by atoms with Crippen LogP contribution in [-0.4, -0.2) is 37.3 Å². The van der Waals surface area contributed by atoms with E-state index in [-0.39, 0.29) is 35.6 Å². The molecule has 0 radical (unpaired) electrons. The fourth-order valence-electron chi connectivity index (χ4n) is 4.01. The van der Waals surface area contributed by atoms with Gasteiger partial charge in [-0.05, 0) is 35.9 Å². The van der Waals surface area contributed by atoms with E-state index >= 15 is 0 Å². The summed E-state index contributed by atoms with van der Waals surface area (Å²) in [6.07, 6.45) is 0.773. The Labute approximate surface area is 208 Å². The van der Waals surface area contributed by atoms with E-state index in [9.17, 15) is 31.2 Å². The first-order chi connectivity index (χ1) is 16.8. The molecule has 12 heteroatoms. The highest BCUT2D eigenvalue weighted by atomic mass is 35.5. The van der Waals surface area contributed by atoms with Crippen molar-refractivity contribution in [2.24, 2.45) is 0 Å². The number of carbonyl (C=O) groups excluding carboxylic acids is 2. The number of carbonyl (C=O) groups is 2. The molecular weight excluding hydrogens is 521 g/mol. The number of amides is 1. The van der Waals surface area contributed by atoms with Crippen LogP contribution in [0.25, 0.3) is 16.5 Å². The summed E-state index contributed by atoms with van der Waals surface area (Å²) in [5.41, 5.74) is 0.933. The van der Waals surface area contributed by atoms with Crippen molar-refractivity contribution in [3.63, 3.8) is 0 Å². The number of rotatable bonds is 6. The maximum absolute atomic E-state index is 13.3. The van der Waals surface area contributed by atoms with E-state index in [0.29, 0.717) is 21.5 Å². The lowest BCUT2D eigenvalue weighted by atomic mass is 9.93. The molecule has 0 aliphatic heterocycles. The number of hydrogen-bond donors (Lipinski definition) is 1. The Hall–Kier alpha value is -3.57. The standard InChI is InChI=1S/C24H18ClF3N2O5S/c1-36(33,34)29-23(32)22-21(17-7-2-3-8-20(17)31)18-12-15(25)9-10-19(18)30(22)13-14-5-4-6-16(11-14)35-24(26,27)28/h2-7,9-12H,8,13H2,1H3,(H,29,32). The number of ketones is 1. The minimum absolute atomic E-state index is 0.0725. The third-order valence-corrected chi connectivity index (χ3v) is 6.05. The van der Waals surface area contributed by atoms with Crippen molar-refractivity contribution in [2.75, 3.05) is 6.26 Å². The largest absolute Gasteiger partial charge is 0.573 e. The molecule has 3 aromatic rings. The summed E-state index contributed by atoms with van der Waals surface area (Å²) in [4.78, 5) is 26.1. The van der Waals surface area contributed by atoms with E-state index in [1.807, 2.05) is 4.72 Å². The number of benzene rings is 2. The molecule has 4 rings (SSSR count). The van der Waals surface area contributed by atoms with Gasteiger partial charge in [-0.2, -0.15) is 0 Å². The Morgan fingerprint density at radius 3 is 2.61 bits per heavy atom. The third kappa shape index (κ3) is 5.63. The molecule has 1 N–H and O–H groups in total. The van der Waals surface area contributed by atoms with Gasteiger partial charge in [-0.15, -0.1) is 13.2 Å². The number of aromatic nitrogens is 1. The van der Waals surface area contributed by atoms with Gasteiger partial charge in [0.05, 0.1) is 6.26 Å². The van der Waals surface area contributed by atoms with E-state index in [2.05, 4.69) is 4.74 Å². The van der Waals surface area contributed by atoms with Crippen LogP contribution in [0.15, 0.2) is 60.7 Å². The second kappa shape index (κ2) is 9.47. The van der Waals surface area contributed by atoms with Crippen molar-refractivity contribution in [3.05, 3.63) is 82.5 Å². The zero-order valence-electron chi connectivity index (χ0n) is 18.6. The zero-order valence-corrected chi connectivity index (χ0v) is 20.2. The van der Waals surface area contributed by atoms with E-state index in [1.54, 1.807) is 24.3 Å². The number of ether oxygens (including phenoxy) is 1. The van der Waals surface area contributed by atoms with Gasteiger partial charge in [-0.1, -0.05) is 42.0 Å². The minimum Gasteiger partial charge on any atom is -0.406 e. The van der Waals surface area contributed by atoms with Crippen molar-refractivity contribution >= 4 is 49.8 Å². The number of sulfonamides is 1. The lowest BCUT2D eigenvalue weighted by Gasteiger charge is -2.15. The maximum Gasteiger partial charge on any atom is 0.573 e. The highest BCUT2D eigenvalue weighted by Crippen LogP contribution is 2.36. The average molecular weight is 539 g/mol. The molecule has 1 heterocycles. The van der Waals surface area contributed by atoms with Gasteiger partial charge < -0.3 is 9.30 Å². The molecule has 0 bridgehead atoms. The molecule has 0 atom stereocenters. The van der Waals surface area contributed by atoms with Crippen molar-refractivity contribution < 1.29 is 35.9 Å². The van der Waals surface area contributed by atoms with Crippen LogP contribution < -0.4 is 9.46 Å². The Bertz CT molecular complexity index is 1560. The molecule has 1 aliphatic rings. The first kappa shape index (κ1) is 25.5. The Morgan fingerprint density at radius 1 is 1.19 bits per heavy atom. The van der Waals surface area contributed by atoms with Crippen LogP contribution in [0.3, 0.4) is 0 Å². The van der Waals surface area contributed by atoms with Crippen LogP contribution in [0.2, 0.25) is 5.02 Å². The van der Waals surface area contributed by atoms with E-state index in [4.69, 9.17) is 11.6 Å². The van der Waals surface area contributed by atoms with Gasteiger partial charge in [-0.25, -0.2) is 13.1 Å². The van der Waals surface area contributed by atoms with Crippen LogP contribution in [0.5, 0.6) is 5.75 Å². The summed E-state index contributed by atoms with van der Waals surface area (Å²) in [7, 11) is -4.00. The van der Waals surface area contributed by atoms with Gasteiger partial charge in [0, 0.05) is 40.0 Å². The predicted molar refractivity (Wildman–Crippen MR) is 128 cm³/mol. The highest BCUT2D eigenvalue weighted by Gasteiger charge is 2.32. The topological polar surface area (TPSA) is 94.5 Å². The number of alkyl halides is 3. The van der Waals surface area contributed by atoms with Gasteiger partial charge in [0.1, 0.15) is 11.4 Å². The number of hydrogen-bond acceptors (Lipinski definition) is 5. The third-order valence-electron chi connectivity index (χ3n) is 5.26. The fourth-order valence-corrected chi connectivity index (χ4v) is 4.61. The lowest BCUT2D eigenvalue weighted by molar-refractivity contribution is -0.274. The molecule has 1 aromatic heterocycles. The Morgan fingerprint density at radius 2 is 1.94 bits per heavy atom. The van der Waals surface area contributed by atoms with Gasteiger partial charge in [0.15, 0.2) is 5.78 Å². The normalized spacial score (nSPS) is 14.1. The number of nitrogens with zero attached hydrogens (tertiary/aromatic N) is 1. The summed E-state index contributed by atoms with van der Waals surface area (Å²) in [5.74, 6) is -1.77. The van der Waals surface area contributed by atoms with Gasteiger partial charge >= 0.3 is 6.36 Å². The molecule has 188 valence electrons. The summed E-state index contributed by atoms with van der Waals surface area (Å²) in [6.45, 7) is -0.142. The first-order valence-corrected chi connectivity index (χ1v) is 12.7. The van der Waals surface area contributed by atoms with Crippen LogP contribution in [0.1, 0.15) is 28.0 Å². The van der Waals surface area contributed by atoms with Gasteiger partial charge in [0.25, 0.3) is 5.91 Å². The molecule has 0 unspecified atom stereocenters. The predicted octanol–water partition coefficient (Wildman–Crippen LogP) is 4.84. The molecule has 0 spiro atoms. The monoisotopic (exact) mass is 538 g/mol. The van der Waals surface area contributed by atoms with E-state index < -0.39 is 28.0 Å². The summed E-state index contributed by atoms with van der Waals surface area (Å²) >= 11 is 6.21. The van der Waals surface area contributed by atoms with Crippen LogP contribution in [0.4, 0.5) is 13.2 Å². The zero-order chi connectivity index (χ0) is 26.3. The Balaban J connectivity index is 1.97. The molecular formula is C24H18ClF3N2O5S. The van der Waals surface area contributed by atoms with Crippen molar-refractivity contribution in [1.82, 2.24) is 9.29 Å². The SMILES string of the molecule is CS(=O)(=O)NC(=O)c1c(C2=CC=CCC2=O)c2cc(Cl)ccc2n1Cc1cccc(OC(F)(F)F)c1. The smallest absolute Gasteiger partial charge is 0.406 e. The molecule has 1 aliphatic carbocycles. The molecule has 7 nitrogen and oxygen atoms in total. The summed E-state index contributed by atoms with van der Waals surface area (Å²) < 4.78 is 69.3. The molecule has 0 fully saturated rings. The van der Waals surface area contributed by atoms with Crippen LogP contribution in [-0.2, 0) is 21.4 Å². The molecule has 36 heavy (non-hydrogen) atoms. The molecule has 2 aromatic carbocycles. The highest BCUT2D eigenvalue weighted by molar-refractivity contribution is 7.89. The van der Waals surface area contributed by atoms with Gasteiger partial charge in [0.2, 0.25) is 10.0 Å². The summed E-state index contributed by atoms with van der Waals surface area (Å²) in [5, 5.41) is 0.703. The lowest BCUT2D eigenvalue weighted by Crippen LogP contribution is -2.32. The van der Waals surface area contributed by atoms with Gasteiger partial charge in [-0.3, -0.25) is 9.59 Å². The molecule has 1 amide bonds. The number of allylic oxidation sites excluding steroid dienone is 4. The second-order valence-corrected chi connectivity index (χ2v) is 10.2. The van der Waals surface area contributed by atoms with Crippen molar-refractivity contribution in [3.8, 4) is 5.75 Å². The maximum atomic E-state index is 13.3. The first-order valence-electron chi connectivity index (χ1n) is 10.4. The van der Waals surface area contributed by atoms with Crippen LogP contribution >= 0.6 is 11.6 Å². The van der Waals surface area contributed by atoms with Crippen molar-refractivity contribution in [1.29, 1.82) is 0 Å². The second-order valence-electron chi connectivity index (χ2n) is 8.01. The quantitative estimate of drug-likeness (QED) is 0.484. The number of nitrogens with one attached hydrogen (secondary N) is 1. The van der Waals surface area contributed by atoms with Crippen molar-refractivity contribution in [2.45, 2.75) is 19.3 Å². The number of Topliss-reactive ketones (excluding diaryl/α,β-unsaturated/α-hetero) is 1. The minimum atomic E-state index is -4.90. The Kier molecular flexibility index (Phi) is 6.72. The average Bonchev–Trinajstić information content (AvgIpc) is 3.05. The van der Waals surface area contributed by atoms with Crippen LogP contribution in [0, 0.1) is 0 Å². The fraction of sp³-hybridized carbons (Fsp3) is 0.167. The number of fused-ring (bicyclic) bond motifs is 1. The molecule has 0 saturated carbocycles.